The SMILES string of the molecule is CN(C(=O)C1CC1c1ccccc1Cl)C1CCCCCC1. The molecule has 0 aromatic heterocycles. The average molecular weight is 306 g/mol. The van der Waals surface area contributed by atoms with E-state index >= 15 is 0 Å². The van der Waals surface area contributed by atoms with E-state index in [1.54, 1.807) is 0 Å². The Morgan fingerprint density at radius 1 is 1.14 bits per heavy atom. The zero-order valence-electron chi connectivity index (χ0n) is 12.7. The van der Waals surface area contributed by atoms with E-state index in [9.17, 15) is 4.79 Å². The van der Waals surface area contributed by atoms with Crippen LogP contribution in [0.3, 0.4) is 0 Å². The molecular formula is C18H24ClNO. The van der Waals surface area contributed by atoms with Crippen LogP contribution in [0, 0.1) is 5.92 Å². The summed E-state index contributed by atoms with van der Waals surface area (Å²) in [5.41, 5.74) is 1.15. The lowest BCUT2D eigenvalue weighted by Crippen LogP contribution is -2.38. The topological polar surface area (TPSA) is 20.3 Å². The first-order valence-electron chi connectivity index (χ1n) is 8.19. The van der Waals surface area contributed by atoms with E-state index in [4.69, 9.17) is 11.6 Å². The van der Waals surface area contributed by atoms with Gasteiger partial charge in [-0.25, -0.2) is 0 Å². The van der Waals surface area contributed by atoms with Crippen LogP contribution in [0.25, 0.3) is 0 Å². The van der Waals surface area contributed by atoms with Crippen molar-refractivity contribution in [1.29, 1.82) is 0 Å². The van der Waals surface area contributed by atoms with Crippen LogP contribution in [-0.2, 0) is 4.79 Å². The molecular weight excluding hydrogens is 282 g/mol. The molecule has 0 aliphatic heterocycles. The fourth-order valence-corrected chi connectivity index (χ4v) is 3.95. The fraction of sp³-hybridized carbons (Fsp3) is 0.611. The number of benzene rings is 1. The van der Waals surface area contributed by atoms with Gasteiger partial charge in [-0.1, -0.05) is 55.5 Å². The molecule has 2 saturated carbocycles. The van der Waals surface area contributed by atoms with E-state index in [2.05, 4.69) is 6.07 Å². The predicted octanol–water partition coefficient (Wildman–Crippen LogP) is 4.62. The number of hydrogen-bond acceptors (Lipinski definition) is 1. The van der Waals surface area contributed by atoms with Crippen molar-refractivity contribution in [1.82, 2.24) is 4.90 Å². The van der Waals surface area contributed by atoms with Crippen LogP contribution in [0.15, 0.2) is 24.3 Å². The number of carbonyl (C=O) groups is 1. The van der Waals surface area contributed by atoms with Crippen molar-refractivity contribution in [3.63, 3.8) is 0 Å². The van der Waals surface area contributed by atoms with Gasteiger partial charge in [-0.15, -0.1) is 0 Å². The van der Waals surface area contributed by atoms with Crippen molar-refractivity contribution in [3.05, 3.63) is 34.9 Å². The minimum absolute atomic E-state index is 0.151. The maximum Gasteiger partial charge on any atom is 0.226 e. The molecule has 0 saturated heterocycles. The summed E-state index contributed by atoms with van der Waals surface area (Å²) < 4.78 is 0. The highest BCUT2D eigenvalue weighted by Crippen LogP contribution is 2.50. The van der Waals surface area contributed by atoms with Gasteiger partial charge in [0.2, 0.25) is 5.91 Å². The lowest BCUT2D eigenvalue weighted by Gasteiger charge is -2.27. The molecule has 1 aromatic carbocycles. The van der Waals surface area contributed by atoms with Crippen molar-refractivity contribution in [2.24, 2.45) is 5.92 Å². The molecule has 21 heavy (non-hydrogen) atoms. The summed E-state index contributed by atoms with van der Waals surface area (Å²) in [7, 11) is 2.00. The van der Waals surface area contributed by atoms with E-state index in [1.807, 2.05) is 30.1 Å². The number of amides is 1. The van der Waals surface area contributed by atoms with Crippen LogP contribution >= 0.6 is 11.6 Å². The van der Waals surface area contributed by atoms with E-state index in [1.165, 1.54) is 38.5 Å². The first kappa shape index (κ1) is 14.9. The van der Waals surface area contributed by atoms with Gasteiger partial charge in [-0.3, -0.25) is 4.79 Å². The third kappa shape index (κ3) is 3.26. The molecule has 0 radical (unpaired) electrons. The van der Waals surface area contributed by atoms with Crippen LogP contribution in [0.2, 0.25) is 5.02 Å². The van der Waals surface area contributed by atoms with Gasteiger partial charge in [-0.2, -0.15) is 0 Å². The molecule has 2 nitrogen and oxygen atoms in total. The van der Waals surface area contributed by atoms with Crippen molar-refractivity contribution in [2.75, 3.05) is 7.05 Å². The summed E-state index contributed by atoms with van der Waals surface area (Å²) in [5.74, 6) is 0.810. The average Bonchev–Trinajstić information content (AvgIpc) is 3.30. The molecule has 2 fully saturated rings. The van der Waals surface area contributed by atoms with E-state index < -0.39 is 0 Å². The van der Waals surface area contributed by atoms with Gasteiger partial charge in [0, 0.05) is 24.0 Å². The zero-order chi connectivity index (χ0) is 14.8. The minimum atomic E-state index is 0.151. The maximum atomic E-state index is 12.7. The smallest absolute Gasteiger partial charge is 0.226 e. The fourth-order valence-electron chi connectivity index (χ4n) is 3.67. The Morgan fingerprint density at radius 2 is 1.81 bits per heavy atom. The number of nitrogens with zero attached hydrogens (tertiary/aromatic N) is 1. The lowest BCUT2D eigenvalue weighted by atomic mass is 10.1. The summed E-state index contributed by atoms with van der Waals surface area (Å²) in [5, 5.41) is 0.801. The molecule has 0 spiro atoms. The highest BCUT2D eigenvalue weighted by Gasteiger charge is 2.46. The molecule has 2 aliphatic rings. The molecule has 1 aromatic rings. The van der Waals surface area contributed by atoms with Gasteiger partial charge in [0.15, 0.2) is 0 Å². The Hall–Kier alpha value is -1.02. The minimum Gasteiger partial charge on any atom is -0.343 e. The molecule has 114 valence electrons. The van der Waals surface area contributed by atoms with Gasteiger partial charge in [0.05, 0.1) is 0 Å². The monoisotopic (exact) mass is 305 g/mol. The van der Waals surface area contributed by atoms with Crippen LogP contribution in [0.5, 0.6) is 0 Å². The number of halogens is 1. The summed E-state index contributed by atoms with van der Waals surface area (Å²) in [4.78, 5) is 14.7. The quantitative estimate of drug-likeness (QED) is 0.746. The van der Waals surface area contributed by atoms with Gasteiger partial charge >= 0.3 is 0 Å². The Kier molecular flexibility index (Phi) is 4.54. The second-order valence-electron chi connectivity index (χ2n) is 6.56. The molecule has 0 N–H and O–H groups in total. The number of rotatable bonds is 3. The van der Waals surface area contributed by atoms with Crippen LogP contribution < -0.4 is 0 Å². The predicted molar refractivity (Wildman–Crippen MR) is 86.6 cm³/mol. The molecule has 3 rings (SSSR count). The van der Waals surface area contributed by atoms with E-state index in [-0.39, 0.29) is 5.92 Å². The van der Waals surface area contributed by atoms with Crippen LogP contribution in [0.1, 0.15) is 56.4 Å². The van der Waals surface area contributed by atoms with Gasteiger partial charge in [-0.05, 0) is 36.8 Å². The standard InChI is InChI=1S/C18H24ClNO/c1-20(13-8-4-2-3-5-9-13)18(21)16-12-15(16)14-10-6-7-11-17(14)19/h6-7,10-11,13,15-16H,2-5,8-9,12H2,1H3. The van der Waals surface area contributed by atoms with Gasteiger partial charge in [0.1, 0.15) is 0 Å². The number of carbonyl (C=O) groups excluding carboxylic acids is 1. The van der Waals surface area contributed by atoms with Crippen LogP contribution in [0.4, 0.5) is 0 Å². The maximum absolute atomic E-state index is 12.7. The van der Waals surface area contributed by atoms with Gasteiger partial charge in [0.25, 0.3) is 0 Å². The second-order valence-corrected chi connectivity index (χ2v) is 6.97. The van der Waals surface area contributed by atoms with E-state index in [0.717, 1.165) is 17.0 Å². The van der Waals surface area contributed by atoms with Crippen molar-refractivity contribution in [3.8, 4) is 0 Å². The highest BCUT2D eigenvalue weighted by molar-refractivity contribution is 6.31. The van der Waals surface area contributed by atoms with Crippen LogP contribution in [-0.4, -0.2) is 23.9 Å². The second kappa shape index (κ2) is 6.39. The Balaban J connectivity index is 1.63. The van der Waals surface area contributed by atoms with E-state index in [0.29, 0.717) is 17.9 Å². The van der Waals surface area contributed by atoms with Crippen molar-refractivity contribution < 1.29 is 4.79 Å². The molecule has 2 aliphatic carbocycles. The molecule has 0 heterocycles. The molecule has 0 bridgehead atoms. The van der Waals surface area contributed by atoms with Crippen molar-refractivity contribution in [2.45, 2.75) is 56.9 Å². The molecule has 1 amide bonds. The normalized spacial score (nSPS) is 26.2. The van der Waals surface area contributed by atoms with Gasteiger partial charge < -0.3 is 4.90 Å². The highest BCUT2D eigenvalue weighted by atomic mass is 35.5. The summed E-state index contributed by atoms with van der Waals surface area (Å²) in [6.45, 7) is 0. The third-order valence-electron chi connectivity index (χ3n) is 5.13. The summed E-state index contributed by atoms with van der Waals surface area (Å²) in [6.07, 6.45) is 8.48. The lowest BCUT2D eigenvalue weighted by molar-refractivity contribution is -0.133. The first-order chi connectivity index (χ1) is 10.2. The third-order valence-corrected chi connectivity index (χ3v) is 5.48. The van der Waals surface area contributed by atoms with Crippen molar-refractivity contribution >= 4 is 17.5 Å². The number of hydrogen-bond donors (Lipinski definition) is 0. The molecule has 3 heteroatoms. The largest absolute Gasteiger partial charge is 0.343 e. The Labute approximate surface area is 132 Å². The molecule has 2 unspecified atom stereocenters. The zero-order valence-corrected chi connectivity index (χ0v) is 13.5. The Morgan fingerprint density at radius 3 is 2.48 bits per heavy atom. The summed E-state index contributed by atoms with van der Waals surface area (Å²) in [6, 6.07) is 8.39. The summed E-state index contributed by atoms with van der Waals surface area (Å²) >= 11 is 6.25. The molecule has 2 atom stereocenters. The Bertz CT molecular complexity index is 508. The first-order valence-corrected chi connectivity index (χ1v) is 8.57.